The largest absolute Gasteiger partial charge is 0.485 e. The van der Waals surface area contributed by atoms with E-state index in [1.807, 2.05) is 44.2 Å². The Morgan fingerprint density at radius 2 is 1.79 bits per heavy atom. The quantitative estimate of drug-likeness (QED) is 0.784. The Labute approximate surface area is 121 Å². The maximum Gasteiger partial charge on any atom is 0.200 e. The molecule has 2 aromatic carbocycles. The van der Waals surface area contributed by atoms with Crippen molar-refractivity contribution in [2.75, 3.05) is 6.61 Å². The Morgan fingerprint density at radius 1 is 1.11 bits per heavy atom. The molecule has 0 aromatic heterocycles. The van der Waals surface area contributed by atoms with Gasteiger partial charge >= 0.3 is 0 Å². The molecule has 0 saturated carbocycles. The minimum atomic E-state index is -0.0200. The van der Waals surface area contributed by atoms with E-state index >= 15 is 0 Å². The predicted molar refractivity (Wildman–Crippen MR) is 79.9 cm³/mol. The van der Waals surface area contributed by atoms with Gasteiger partial charge in [0, 0.05) is 10.0 Å². The van der Waals surface area contributed by atoms with E-state index in [4.69, 9.17) is 4.74 Å². The fourth-order valence-corrected chi connectivity index (χ4v) is 1.99. The lowest BCUT2D eigenvalue weighted by Gasteiger charge is -2.09. The van der Waals surface area contributed by atoms with Crippen molar-refractivity contribution in [1.82, 2.24) is 0 Å². The van der Waals surface area contributed by atoms with E-state index in [1.54, 1.807) is 12.1 Å². The Bertz CT molecular complexity index is 588. The predicted octanol–water partition coefficient (Wildman–Crippen LogP) is 4.33. The van der Waals surface area contributed by atoms with Gasteiger partial charge in [-0.2, -0.15) is 0 Å². The van der Waals surface area contributed by atoms with Gasteiger partial charge < -0.3 is 4.74 Å². The molecule has 19 heavy (non-hydrogen) atoms. The number of ketones is 1. The number of benzene rings is 2. The summed E-state index contributed by atoms with van der Waals surface area (Å²) in [4.78, 5) is 12.0. The third-order valence-electron chi connectivity index (χ3n) is 2.87. The van der Waals surface area contributed by atoms with Gasteiger partial charge in [0.2, 0.25) is 0 Å². The van der Waals surface area contributed by atoms with Gasteiger partial charge in [-0.1, -0.05) is 40.2 Å². The third kappa shape index (κ3) is 3.67. The molecule has 0 atom stereocenters. The monoisotopic (exact) mass is 318 g/mol. The minimum Gasteiger partial charge on any atom is -0.485 e. The lowest BCUT2D eigenvalue weighted by molar-refractivity contribution is 0.0921. The van der Waals surface area contributed by atoms with E-state index in [2.05, 4.69) is 15.9 Å². The summed E-state index contributed by atoms with van der Waals surface area (Å²) in [5.74, 6) is 0.749. The molecular formula is C16H15BrO2. The minimum absolute atomic E-state index is 0.0200. The maximum atomic E-state index is 12.0. The standard InChI is InChI=1S/C16H15BrO2/c1-11-3-4-12(2)16(9-11)19-10-15(18)13-5-7-14(17)8-6-13/h3-9H,10H2,1-2H3. The van der Waals surface area contributed by atoms with Gasteiger partial charge in [-0.15, -0.1) is 0 Å². The van der Waals surface area contributed by atoms with Crippen LogP contribution < -0.4 is 4.74 Å². The zero-order valence-electron chi connectivity index (χ0n) is 10.9. The lowest BCUT2D eigenvalue weighted by atomic mass is 10.1. The van der Waals surface area contributed by atoms with Crippen LogP contribution in [0.1, 0.15) is 21.5 Å². The van der Waals surface area contributed by atoms with Crippen LogP contribution in [0, 0.1) is 13.8 Å². The van der Waals surface area contributed by atoms with Gasteiger partial charge in [0.1, 0.15) is 5.75 Å². The third-order valence-corrected chi connectivity index (χ3v) is 3.40. The van der Waals surface area contributed by atoms with Crippen molar-refractivity contribution in [2.45, 2.75) is 13.8 Å². The molecule has 0 spiro atoms. The topological polar surface area (TPSA) is 26.3 Å². The number of Topliss-reactive ketones (excluding diaryl/α,β-unsaturated/α-hetero) is 1. The summed E-state index contributed by atoms with van der Waals surface area (Å²) in [7, 11) is 0. The summed E-state index contributed by atoms with van der Waals surface area (Å²) >= 11 is 3.35. The van der Waals surface area contributed by atoms with Gasteiger partial charge in [0.05, 0.1) is 0 Å². The fraction of sp³-hybridized carbons (Fsp3) is 0.188. The summed E-state index contributed by atoms with van der Waals surface area (Å²) in [5, 5.41) is 0. The molecular weight excluding hydrogens is 304 g/mol. The molecule has 0 aliphatic carbocycles. The zero-order chi connectivity index (χ0) is 13.8. The van der Waals surface area contributed by atoms with Crippen molar-refractivity contribution < 1.29 is 9.53 Å². The number of carbonyl (C=O) groups is 1. The highest BCUT2D eigenvalue weighted by Gasteiger charge is 2.08. The molecule has 98 valence electrons. The van der Waals surface area contributed by atoms with E-state index in [9.17, 15) is 4.79 Å². The summed E-state index contributed by atoms with van der Waals surface area (Å²) in [6.45, 7) is 4.04. The Hall–Kier alpha value is -1.61. The first-order valence-electron chi connectivity index (χ1n) is 6.05. The first-order valence-corrected chi connectivity index (χ1v) is 6.84. The average Bonchev–Trinajstić information content (AvgIpc) is 2.40. The van der Waals surface area contributed by atoms with Gasteiger partial charge in [0.25, 0.3) is 0 Å². The second-order valence-electron chi connectivity index (χ2n) is 4.49. The number of hydrogen-bond donors (Lipinski definition) is 0. The Morgan fingerprint density at radius 3 is 2.47 bits per heavy atom. The molecule has 3 heteroatoms. The zero-order valence-corrected chi connectivity index (χ0v) is 12.5. The highest BCUT2D eigenvalue weighted by Crippen LogP contribution is 2.19. The fourth-order valence-electron chi connectivity index (χ4n) is 1.73. The van der Waals surface area contributed by atoms with Crippen LogP contribution in [-0.2, 0) is 0 Å². The molecule has 0 radical (unpaired) electrons. The van der Waals surface area contributed by atoms with Gasteiger partial charge in [-0.3, -0.25) is 4.79 Å². The van der Waals surface area contributed by atoms with Gasteiger partial charge in [-0.25, -0.2) is 0 Å². The lowest BCUT2D eigenvalue weighted by Crippen LogP contribution is -2.12. The smallest absolute Gasteiger partial charge is 0.200 e. The molecule has 0 saturated heterocycles. The highest BCUT2D eigenvalue weighted by atomic mass is 79.9. The SMILES string of the molecule is Cc1ccc(C)c(OCC(=O)c2ccc(Br)cc2)c1. The summed E-state index contributed by atoms with van der Waals surface area (Å²) < 4.78 is 6.56. The summed E-state index contributed by atoms with van der Waals surface area (Å²) in [5.41, 5.74) is 2.82. The van der Waals surface area contributed by atoms with Crippen LogP contribution in [0.2, 0.25) is 0 Å². The number of halogens is 1. The van der Waals surface area contributed by atoms with E-state index in [0.717, 1.165) is 21.3 Å². The molecule has 0 unspecified atom stereocenters. The van der Waals surface area contributed by atoms with Crippen LogP contribution in [0.15, 0.2) is 46.9 Å². The summed E-state index contributed by atoms with van der Waals surface area (Å²) in [6.07, 6.45) is 0. The molecule has 0 N–H and O–H groups in total. The molecule has 0 aliphatic heterocycles. The van der Waals surface area contributed by atoms with Crippen molar-refractivity contribution in [1.29, 1.82) is 0 Å². The van der Waals surface area contributed by atoms with E-state index in [1.165, 1.54) is 0 Å². The molecule has 0 heterocycles. The number of carbonyl (C=O) groups excluding carboxylic acids is 1. The average molecular weight is 319 g/mol. The van der Waals surface area contributed by atoms with Crippen molar-refractivity contribution in [3.8, 4) is 5.75 Å². The molecule has 2 rings (SSSR count). The normalized spacial score (nSPS) is 10.3. The second kappa shape index (κ2) is 6.02. The van der Waals surface area contributed by atoms with Crippen LogP contribution in [0.5, 0.6) is 5.75 Å². The van der Waals surface area contributed by atoms with E-state index in [-0.39, 0.29) is 12.4 Å². The van der Waals surface area contributed by atoms with E-state index < -0.39 is 0 Å². The number of aryl methyl sites for hydroxylation is 2. The van der Waals surface area contributed by atoms with Gasteiger partial charge in [0.15, 0.2) is 12.4 Å². The number of rotatable bonds is 4. The summed E-state index contributed by atoms with van der Waals surface area (Å²) in [6, 6.07) is 13.3. The van der Waals surface area contributed by atoms with Crippen LogP contribution in [0.3, 0.4) is 0 Å². The van der Waals surface area contributed by atoms with Crippen LogP contribution >= 0.6 is 15.9 Å². The van der Waals surface area contributed by atoms with Crippen LogP contribution in [-0.4, -0.2) is 12.4 Å². The number of hydrogen-bond acceptors (Lipinski definition) is 2. The van der Waals surface area contributed by atoms with E-state index in [0.29, 0.717) is 5.56 Å². The molecule has 0 amide bonds. The van der Waals surface area contributed by atoms with Crippen molar-refractivity contribution in [3.63, 3.8) is 0 Å². The second-order valence-corrected chi connectivity index (χ2v) is 5.40. The molecule has 0 fully saturated rings. The first-order chi connectivity index (χ1) is 9.06. The molecule has 2 aromatic rings. The van der Waals surface area contributed by atoms with Crippen molar-refractivity contribution >= 4 is 21.7 Å². The Balaban J connectivity index is 2.04. The molecule has 2 nitrogen and oxygen atoms in total. The molecule has 0 bridgehead atoms. The van der Waals surface area contributed by atoms with Crippen LogP contribution in [0.25, 0.3) is 0 Å². The Kier molecular flexibility index (Phi) is 4.38. The van der Waals surface area contributed by atoms with Crippen molar-refractivity contribution in [3.05, 3.63) is 63.6 Å². The van der Waals surface area contributed by atoms with Gasteiger partial charge in [-0.05, 0) is 43.2 Å². The maximum absolute atomic E-state index is 12.0. The molecule has 0 aliphatic rings. The highest BCUT2D eigenvalue weighted by molar-refractivity contribution is 9.10. The van der Waals surface area contributed by atoms with Crippen LogP contribution in [0.4, 0.5) is 0 Å². The first kappa shape index (κ1) is 13.8. The number of ether oxygens (including phenoxy) is 1. The van der Waals surface area contributed by atoms with Crippen molar-refractivity contribution in [2.24, 2.45) is 0 Å².